The zero-order valence-electron chi connectivity index (χ0n) is 6.76. The molecule has 0 spiro atoms. The quantitative estimate of drug-likeness (QED) is 0.756. The summed E-state index contributed by atoms with van der Waals surface area (Å²) >= 11 is 4.42. The molecule has 0 bridgehead atoms. The molecule has 12 heavy (non-hydrogen) atoms. The summed E-state index contributed by atoms with van der Waals surface area (Å²) in [6.07, 6.45) is 0. The van der Waals surface area contributed by atoms with E-state index < -0.39 is 0 Å². The second-order valence-corrected chi connectivity index (χ2v) is 3.70. The molecule has 66 valence electrons. The Morgan fingerprint density at radius 2 is 2.42 bits per heavy atom. The van der Waals surface area contributed by atoms with E-state index in [4.69, 9.17) is 4.74 Å². The van der Waals surface area contributed by atoms with Crippen molar-refractivity contribution >= 4 is 33.4 Å². The first-order chi connectivity index (χ1) is 5.66. The normalized spacial score (nSPS) is 9.92. The van der Waals surface area contributed by atoms with Crippen molar-refractivity contribution in [3.63, 3.8) is 0 Å². The van der Waals surface area contributed by atoms with Crippen LogP contribution in [0.2, 0.25) is 0 Å². The number of esters is 1. The van der Waals surface area contributed by atoms with E-state index in [1.54, 1.807) is 6.92 Å². The van der Waals surface area contributed by atoms with Crippen LogP contribution in [-0.2, 0) is 4.74 Å². The minimum Gasteiger partial charge on any atom is -0.462 e. The highest BCUT2D eigenvalue weighted by atomic mass is 79.9. The summed E-state index contributed by atoms with van der Waals surface area (Å²) < 4.78 is 9.58. The van der Waals surface area contributed by atoms with Crippen LogP contribution in [0.4, 0.5) is 0 Å². The van der Waals surface area contributed by atoms with Crippen molar-refractivity contribution in [3.05, 3.63) is 15.0 Å². The van der Waals surface area contributed by atoms with E-state index in [2.05, 4.69) is 20.3 Å². The molecule has 1 heterocycles. The Hall–Kier alpha value is -0.420. The number of halogens is 1. The van der Waals surface area contributed by atoms with Crippen LogP contribution in [0.15, 0.2) is 4.47 Å². The minimum atomic E-state index is -0.310. The number of aromatic nitrogens is 1. The molecule has 1 rings (SSSR count). The summed E-state index contributed by atoms with van der Waals surface area (Å²) in [5.74, 6) is -0.310. The SMILES string of the molecule is CCOC(=O)c1snc(C)c1Br. The Morgan fingerprint density at radius 1 is 1.75 bits per heavy atom. The first-order valence-electron chi connectivity index (χ1n) is 3.45. The van der Waals surface area contributed by atoms with Crippen LogP contribution >= 0.6 is 27.5 Å². The number of rotatable bonds is 2. The van der Waals surface area contributed by atoms with E-state index in [9.17, 15) is 4.79 Å². The second kappa shape index (κ2) is 4.00. The molecule has 0 saturated carbocycles. The zero-order chi connectivity index (χ0) is 9.14. The largest absolute Gasteiger partial charge is 0.462 e. The van der Waals surface area contributed by atoms with Gasteiger partial charge in [0.25, 0.3) is 0 Å². The van der Waals surface area contributed by atoms with E-state index in [-0.39, 0.29) is 5.97 Å². The van der Waals surface area contributed by atoms with Crippen molar-refractivity contribution in [3.8, 4) is 0 Å². The topological polar surface area (TPSA) is 39.2 Å². The Labute approximate surface area is 83.0 Å². The summed E-state index contributed by atoms with van der Waals surface area (Å²) in [5.41, 5.74) is 0.822. The number of nitrogens with zero attached hydrogens (tertiary/aromatic N) is 1. The molecule has 0 aromatic carbocycles. The average molecular weight is 250 g/mol. The first kappa shape index (κ1) is 9.67. The van der Waals surface area contributed by atoms with Gasteiger partial charge in [-0.2, -0.15) is 4.37 Å². The van der Waals surface area contributed by atoms with Gasteiger partial charge < -0.3 is 4.74 Å². The van der Waals surface area contributed by atoms with Crippen LogP contribution in [0.3, 0.4) is 0 Å². The number of hydrogen-bond donors (Lipinski definition) is 0. The number of hydrogen-bond acceptors (Lipinski definition) is 4. The smallest absolute Gasteiger partial charge is 0.351 e. The van der Waals surface area contributed by atoms with Crippen molar-refractivity contribution in [2.24, 2.45) is 0 Å². The molecule has 1 aromatic rings. The number of carbonyl (C=O) groups is 1. The fourth-order valence-corrected chi connectivity index (χ4v) is 1.95. The minimum absolute atomic E-state index is 0.310. The lowest BCUT2D eigenvalue weighted by Crippen LogP contribution is -2.02. The predicted octanol–water partition coefficient (Wildman–Crippen LogP) is 2.39. The standard InChI is InChI=1S/C7H8BrNO2S/c1-3-11-7(10)6-5(8)4(2)9-12-6/h3H2,1-2H3. The van der Waals surface area contributed by atoms with Crippen molar-refractivity contribution in [2.45, 2.75) is 13.8 Å². The maximum absolute atomic E-state index is 11.2. The van der Waals surface area contributed by atoms with E-state index in [1.165, 1.54) is 0 Å². The lowest BCUT2D eigenvalue weighted by atomic mass is 10.4. The first-order valence-corrected chi connectivity index (χ1v) is 5.02. The molecule has 3 nitrogen and oxygen atoms in total. The van der Waals surface area contributed by atoms with Crippen molar-refractivity contribution in [2.75, 3.05) is 6.61 Å². The third kappa shape index (κ3) is 1.84. The monoisotopic (exact) mass is 249 g/mol. The van der Waals surface area contributed by atoms with Crippen LogP contribution in [0, 0.1) is 6.92 Å². The van der Waals surface area contributed by atoms with Gasteiger partial charge in [0, 0.05) is 0 Å². The molecule has 0 fully saturated rings. The molecule has 0 aliphatic carbocycles. The molecule has 1 aromatic heterocycles. The van der Waals surface area contributed by atoms with Gasteiger partial charge in [-0.15, -0.1) is 0 Å². The number of ether oxygens (including phenoxy) is 1. The Balaban J connectivity index is 2.88. The highest BCUT2D eigenvalue weighted by Crippen LogP contribution is 2.24. The van der Waals surface area contributed by atoms with Crippen molar-refractivity contribution < 1.29 is 9.53 Å². The van der Waals surface area contributed by atoms with Gasteiger partial charge in [-0.3, -0.25) is 0 Å². The van der Waals surface area contributed by atoms with Gasteiger partial charge in [0.05, 0.1) is 16.8 Å². The fourth-order valence-electron chi connectivity index (χ4n) is 0.682. The molecular formula is C7H8BrNO2S. The highest BCUT2D eigenvalue weighted by molar-refractivity contribution is 9.10. The van der Waals surface area contributed by atoms with Crippen LogP contribution in [-0.4, -0.2) is 16.9 Å². The van der Waals surface area contributed by atoms with Crippen molar-refractivity contribution in [1.29, 1.82) is 0 Å². The Bertz CT molecular complexity index is 298. The highest BCUT2D eigenvalue weighted by Gasteiger charge is 2.16. The lowest BCUT2D eigenvalue weighted by molar-refractivity contribution is 0.0531. The molecule has 0 aliphatic heterocycles. The van der Waals surface area contributed by atoms with Gasteiger partial charge in [-0.05, 0) is 41.3 Å². The van der Waals surface area contributed by atoms with Crippen LogP contribution < -0.4 is 0 Å². The van der Waals surface area contributed by atoms with Gasteiger partial charge in [-0.25, -0.2) is 4.79 Å². The Kier molecular flexibility index (Phi) is 3.22. The number of carbonyl (C=O) groups excluding carboxylic acids is 1. The van der Waals surface area contributed by atoms with Gasteiger partial charge >= 0.3 is 5.97 Å². The lowest BCUT2D eigenvalue weighted by Gasteiger charge is -1.97. The summed E-state index contributed by atoms with van der Waals surface area (Å²) in [4.78, 5) is 11.7. The molecule has 0 radical (unpaired) electrons. The molecular weight excluding hydrogens is 242 g/mol. The van der Waals surface area contributed by atoms with Gasteiger partial charge in [0.2, 0.25) is 0 Å². The summed E-state index contributed by atoms with van der Waals surface area (Å²) in [5, 5.41) is 0. The third-order valence-corrected chi connectivity index (χ3v) is 3.40. The Morgan fingerprint density at radius 3 is 2.83 bits per heavy atom. The van der Waals surface area contributed by atoms with Crippen molar-refractivity contribution in [1.82, 2.24) is 4.37 Å². The fraction of sp³-hybridized carbons (Fsp3) is 0.429. The van der Waals surface area contributed by atoms with Gasteiger partial charge in [0.15, 0.2) is 0 Å². The molecule has 0 amide bonds. The maximum atomic E-state index is 11.2. The predicted molar refractivity (Wildman–Crippen MR) is 50.5 cm³/mol. The van der Waals surface area contributed by atoms with Crippen LogP contribution in [0.5, 0.6) is 0 Å². The molecule has 0 atom stereocenters. The molecule has 0 aliphatic rings. The van der Waals surface area contributed by atoms with Crippen LogP contribution in [0.1, 0.15) is 22.3 Å². The zero-order valence-corrected chi connectivity index (χ0v) is 9.16. The molecule has 0 N–H and O–H groups in total. The van der Waals surface area contributed by atoms with E-state index >= 15 is 0 Å². The summed E-state index contributed by atoms with van der Waals surface area (Å²) in [6.45, 7) is 4.01. The van der Waals surface area contributed by atoms with E-state index in [0.717, 1.165) is 21.7 Å². The number of aryl methyl sites for hydroxylation is 1. The maximum Gasteiger partial charge on any atom is 0.351 e. The second-order valence-electron chi connectivity index (χ2n) is 2.13. The summed E-state index contributed by atoms with van der Waals surface area (Å²) in [7, 11) is 0. The van der Waals surface area contributed by atoms with E-state index in [1.807, 2.05) is 6.92 Å². The average Bonchev–Trinajstić information content (AvgIpc) is 2.34. The van der Waals surface area contributed by atoms with Gasteiger partial charge in [-0.1, -0.05) is 0 Å². The third-order valence-electron chi connectivity index (χ3n) is 1.25. The van der Waals surface area contributed by atoms with E-state index in [0.29, 0.717) is 11.5 Å². The molecule has 0 unspecified atom stereocenters. The van der Waals surface area contributed by atoms with Gasteiger partial charge in [0.1, 0.15) is 4.88 Å². The van der Waals surface area contributed by atoms with Crippen LogP contribution in [0.25, 0.3) is 0 Å². The molecule has 0 saturated heterocycles. The summed E-state index contributed by atoms with van der Waals surface area (Å²) in [6, 6.07) is 0. The molecule has 5 heteroatoms.